The Morgan fingerprint density at radius 1 is 1.33 bits per heavy atom. The predicted octanol–water partition coefficient (Wildman–Crippen LogP) is 0.193. The van der Waals surface area contributed by atoms with Crippen molar-refractivity contribution < 1.29 is 4.79 Å². The third kappa shape index (κ3) is 2.47. The maximum absolute atomic E-state index is 11.8. The summed E-state index contributed by atoms with van der Waals surface area (Å²) in [5.41, 5.74) is -0.279. The van der Waals surface area contributed by atoms with Crippen molar-refractivity contribution in [3.05, 3.63) is 16.3 Å². The van der Waals surface area contributed by atoms with Crippen molar-refractivity contribution in [1.82, 2.24) is 20.5 Å². The SMILES string of the molecule is O=C(NCCCc1n[nH]c(=O)[nH]1)C1C[C@@H]2C[C@@H]2C1. The number of aromatic nitrogens is 3. The molecule has 0 radical (unpaired) electrons. The number of nitrogens with one attached hydrogen (secondary N) is 3. The highest BCUT2D eigenvalue weighted by Gasteiger charge is 2.47. The Morgan fingerprint density at radius 2 is 2.11 bits per heavy atom. The van der Waals surface area contributed by atoms with Gasteiger partial charge in [0.05, 0.1) is 0 Å². The van der Waals surface area contributed by atoms with Gasteiger partial charge >= 0.3 is 5.69 Å². The zero-order chi connectivity index (χ0) is 12.5. The second-order valence-electron chi connectivity index (χ2n) is 5.44. The fraction of sp³-hybridized carbons (Fsp3) is 0.750. The predicted molar refractivity (Wildman–Crippen MR) is 64.9 cm³/mol. The molecule has 2 aliphatic rings. The van der Waals surface area contributed by atoms with Gasteiger partial charge in [-0.2, -0.15) is 5.10 Å². The van der Waals surface area contributed by atoms with Crippen molar-refractivity contribution in [1.29, 1.82) is 0 Å². The summed E-state index contributed by atoms with van der Waals surface area (Å²) in [6.45, 7) is 0.652. The molecule has 0 aliphatic heterocycles. The number of carbonyl (C=O) groups is 1. The molecule has 1 unspecified atom stereocenters. The van der Waals surface area contributed by atoms with Gasteiger partial charge in [0.15, 0.2) is 0 Å². The average Bonchev–Trinajstić information content (AvgIpc) is 2.77. The molecule has 3 atom stereocenters. The van der Waals surface area contributed by atoms with Gasteiger partial charge in [0.25, 0.3) is 0 Å². The second-order valence-corrected chi connectivity index (χ2v) is 5.44. The molecular formula is C12H18N4O2. The molecule has 6 heteroatoms. The van der Waals surface area contributed by atoms with E-state index < -0.39 is 0 Å². The smallest absolute Gasteiger partial charge is 0.340 e. The van der Waals surface area contributed by atoms with Crippen LogP contribution >= 0.6 is 0 Å². The van der Waals surface area contributed by atoms with E-state index in [1.807, 2.05) is 0 Å². The van der Waals surface area contributed by atoms with Gasteiger partial charge in [-0.25, -0.2) is 9.89 Å². The van der Waals surface area contributed by atoms with E-state index in [1.54, 1.807) is 0 Å². The first-order chi connectivity index (χ1) is 8.72. The third-order valence-corrected chi connectivity index (χ3v) is 4.05. The minimum Gasteiger partial charge on any atom is -0.356 e. The van der Waals surface area contributed by atoms with Crippen LogP contribution in [0, 0.1) is 17.8 Å². The van der Waals surface area contributed by atoms with E-state index in [1.165, 1.54) is 6.42 Å². The van der Waals surface area contributed by atoms with Crippen molar-refractivity contribution in [2.45, 2.75) is 32.1 Å². The first-order valence-electron chi connectivity index (χ1n) is 6.63. The zero-order valence-electron chi connectivity index (χ0n) is 10.2. The number of hydrogen-bond acceptors (Lipinski definition) is 3. The van der Waals surface area contributed by atoms with E-state index >= 15 is 0 Å². The first kappa shape index (κ1) is 11.5. The van der Waals surface area contributed by atoms with Crippen molar-refractivity contribution in [2.24, 2.45) is 17.8 Å². The highest BCUT2D eigenvalue weighted by atomic mass is 16.2. The van der Waals surface area contributed by atoms with Crippen molar-refractivity contribution in [2.75, 3.05) is 6.54 Å². The molecule has 3 rings (SSSR count). The molecule has 0 spiro atoms. The maximum Gasteiger partial charge on any atom is 0.340 e. The largest absolute Gasteiger partial charge is 0.356 e. The Morgan fingerprint density at radius 3 is 2.78 bits per heavy atom. The molecule has 3 N–H and O–H groups in total. The molecular weight excluding hydrogens is 232 g/mol. The summed E-state index contributed by atoms with van der Waals surface area (Å²) < 4.78 is 0. The quantitative estimate of drug-likeness (QED) is 0.652. The van der Waals surface area contributed by atoms with E-state index in [9.17, 15) is 9.59 Å². The number of H-pyrrole nitrogens is 2. The zero-order valence-corrected chi connectivity index (χ0v) is 10.2. The van der Waals surface area contributed by atoms with Crippen molar-refractivity contribution in [3.63, 3.8) is 0 Å². The van der Waals surface area contributed by atoms with Crippen molar-refractivity contribution >= 4 is 5.91 Å². The van der Waals surface area contributed by atoms with Crippen LogP contribution in [0.15, 0.2) is 4.79 Å². The Kier molecular flexibility index (Phi) is 2.93. The lowest BCUT2D eigenvalue weighted by molar-refractivity contribution is -0.125. The van der Waals surface area contributed by atoms with Crippen LogP contribution in [0.25, 0.3) is 0 Å². The summed E-state index contributed by atoms with van der Waals surface area (Å²) in [6.07, 6.45) is 4.99. The monoisotopic (exact) mass is 250 g/mol. The van der Waals surface area contributed by atoms with Gasteiger partial charge in [-0.1, -0.05) is 0 Å². The first-order valence-corrected chi connectivity index (χ1v) is 6.63. The Balaban J connectivity index is 1.34. The molecule has 1 amide bonds. The van der Waals surface area contributed by atoms with Crippen LogP contribution in [0.4, 0.5) is 0 Å². The lowest BCUT2D eigenvalue weighted by Crippen LogP contribution is -2.31. The Bertz CT molecular complexity index is 482. The fourth-order valence-corrected chi connectivity index (χ4v) is 2.96. The number of fused-ring (bicyclic) bond motifs is 1. The number of aryl methyl sites for hydroxylation is 1. The van der Waals surface area contributed by atoms with Crippen LogP contribution in [0.2, 0.25) is 0 Å². The molecule has 0 saturated heterocycles. The molecule has 98 valence electrons. The van der Waals surface area contributed by atoms with Gasteiger partial charge < -0.3 is 5.32 Å². The molecule has 1 aromatic heterocycles. The molecule has 2 fully saturated rings. The van der Waals surface area contributed by atoms with Crippen molar-refractivity contribution in [3.8, 4) is 0 Å². The molecule has 1 heterocycles. The maximum atomic E-state index is 11.8. The number of nitrogens with zero attached hydrogens (tertiary/aromatic N) is 1. The average molecular weight is 250 g/mol. The Labute approximate surface area is 105 Å². The Hall–Kier alpha value is -1.59. The van der Waals surface area contributed by atoms with E-state index in [0.29, 0.717) is 18.8 Å². The van der Waals surface area contributed by atoms with Gasteiger partial charge in [0.2, 0.25) is 5.91 Å². The number of hydrogen-bond donors (Lipinski definition) is 3. The summed E-state index contributed by atoms with van der Waals surface area (Å²) in [5, 5.41) is 9.12. The van der Waals surface area contributed by atoms with Gasteiger partial charge in [-0.05, 0) is 37.5 Å². The minimum absolute atomic E-state index is 0.206. The number of rotatable bonds is 5. The van der Waals surface area contributed by atoms with Crippen LogP contribution in [0.5, 0.6) is 0 Å². The normalized spacial score (nSPS) is 29.0. The summed E-state index contributed by atoms with van der Waals surface area (Å²) in [5.74, 6) is 2.79. The highest BCUT2D eigenvalue weighted by Crippen LogP contribution is 2.54. The molecule has 0 aromatic carbocycles. The minimum atomic E-state index is -0.279. The van der Waals surface area contributed by atoms with E-state index in [-0.39, 0.29) is 17.5 Å². The van der Waals surface area contributed by atoms with Gasteiger partial charge in [0.1, 0.15) is 5.82 Å². The van der Waals surface area contributed by atoms with Gasteiger partial charge in [0, 0.05) is 18.9 Å². The second kappa shape index (κ2) is 4.59. The summed E-state index contributed by atoms with van der Waals surface area (Å²) in [7, 11) is 0. The standard InChI is InChI=1S/C12H18N4O2/c17-11(9-5-7-4-8(7)6-9)13-3-1-2-10-14-12(18)16-15-10/h7-9H,1-6H2,(H,13,17)(H2,14,15,16,18)/t7-,8+,9?. The summed E-state index contributed by atoms with van der Waals surface area (Å²) >= 11 is 0. The molecule has 2 saturated carbocycles. The van der Waals surface area contributed by atoms with Crippen LogP contribution in [0.1, 0.15) is 31.5 Å². The number of amides is 1. The van der Waals surface area contributed by atoms with E-state index in [4.69, 9.17) is 0 Å². The number of aromatic amines is 2. The fourth-order valence-electron chi connectivity index (χ4n) is 2.96. The van der Waals surface area contributed by atoms with Crippen LogP contribution in [-0.4, -0.2) is 27.6 Å². The van der Waals surface area contributed by atoms with E-state index in [2.05, 4.69) is 20.5 Å². The van der Waals surface area contributed by atoms with E-state index in [0.717, 1.165) is 31.1 Å². The number of carbonyl (C=O) groups excluding carboxylic acids is 1. The molecule has 18 heavy (non-hydrogen) atoms. The molecule has 0 bridgehead atoms. The topological polar surface area (TPSA) is 90.6 Å². The summed E-state index contributed by atoms with van der Waals surface area (Å²) in [6, 6.07) is 0. The molecule has 1 aromatic rings. The lowest BCUT2D eigenvalue weighted by Gasteiger charge is -2.11. The van der Waals surface area contributed by atoms with Gasteiger partial charge in [-0.15, -0.1) is 0 Å². The van der Waals surface area contributed by atoms with Gasteiger partial charge in [-0.3, -0.25) is 9.78 Å². The van der Waals surface area contributed by atoms with Crippen LogP contribution in [-0.2, 0) is 11.2 Å². The van der Waals surface area contributed by atoms with Crippen LogP contribution < -0.4 is 11.0 Å². The van der Waals surface area contributed by atoms with Crippen LogP contribution in [0.3, 0.4) is 0 Å². The molecule has 6 nitrogen and oxygen atoms in total. The highest BCUT2D eigenvalue weighted by molar-refractivity contribution is 5.79. The summed E-state index contributed by atoms with van der Waals surface area (Å²) in [4.78, 5) is 25.2. The lowest BCUT2D eigenvalue weighted by atomic mass is 10.0. The molecule has 2 aliphatic carbocycles. The third-order valence-electron chi connectivity index (χ3n) is 4.05.